The van der Waals surface area contributed by atoms with Gasteiger partial charge in [-0.05, 0) is 11.5 Å². The molecule has 0 saturated heterocycles. The summed E-state index contributed by atoms with van der Waals surface area (Å²) in [6, 6.07) is 0.861. The number of hydrogen-bond donors (Lipinski definition) is 3. The SMILES string of the molecule is CC(C)(C)C(CS(=O)(=O)CC(=O)O)Nc1nc(-c2c[nH]c3ncc(Cl)cc23)ncc1F. The molecule has 0 spiro atoms. The van der Waals surface area contributed by atoms with Gasteiger partial charge in [-0.1, -0.05) is 32.4 Å². The second kappa shape index (κ2) is 8.39. The molecule has 3 N–H and O–H groups in total. The molecule has 3 heterocycles. The summed E-state index contributed by atoms with van der Waals surface area (Å²) in [4.78, 5) is 26.3. The van der Waals surface area contributed by atoms with Crippen molar-refractivity contribution < 1.29 is 22.7 Å². The van der Waals surface area contributed by atoms with Crippen molar-refractivity contribution >= 4 is 44.3 Å². The van der Waals surface area contributed by atoms with Crippen LogP contribution >= 0.6 is 11.6 Å². The van der Waals surface area contributed by atoms with E-state index in [2.05, 4.69) is 25.3 Å². The minimum Gasteiger partial charge on any atom is -0.480 e. The lowest BCUT2D eigenvalue weighted by Gasteiger charge is -2.31. The summed E-state index contributed by atoms with van der Waals surface area (Å²) < 4.78 is 39.0. The Morgan fingerprint density at radius 3 is 2.68 bits per heavy atom. The van der Waals surface area contributed by atoms with E-state index < -0.39 is 44.6 Å². The first kappa shape index (κ1) is 22.9. The van der Waals surface area contributed by atoms with Crippen LogP contribution in [0.25, 0.3) is 22.4 Å². The van der Waals surface area contributed by atoms with Gasteiger partial charge in [0.25, 0.3) is 0 Å². The highest BCUT2D eigenvalue weighted by Crippen LogP contribution is 2.30. The van der Waals surface area contributed by atoms with Crippen molar-refractivity contribution in [1.29, 1.82) is 0 Å². The van der Waals surface area contributed by atoms with Crippen molar-refractivity contribution in [1.82, 2.24) is 19.9 Å². The Labute approximate surface area is 183 Å². The quantitative estimate of drug-likeness (QED) is 0.479. The number of fused-ring (bicyclic) bond motifs is 1. The summed E-state index contributed by atoms with van der Waals surface area (Å²) in [5.41, 5.74) is 0.439. The summed E-state index contributed by atoms with van der Waals surface area (Å²) in [6.07, 6.45) is 4.07. The van der Waals surface area contributed by atoms with E-state index in [1.807, 2.05) is 0 Å². The van der Waals surface area contributed by atoms with Crippen LogP contribution in [0.15, 0.2) is 24.7 Å². The normalized spacial score (nSPS) is 13.3. The topological polar surface area (TPSA) is 138 Å². The van der Waals surface area contributed by atoms with Crippen molar-refractivity contribution in [2.45, 2.75) is 26.8 Å². The van der Waals surface area contributed by atoms with E-state index >= 15 is 0 Å². The number of hydrogen-bond acceptors (Lipinski definition) is 7. The van der Waals surface area contributed by atoms with Crippen LogP contribution in [0.3, 0.4) is 0 Å². The number of sulfone groups is 1. The van der Waals surface area contributed by atoms with Crippen molar-refractivity contribution in [2.75, 3.05) is 16.8 Å². The Hall–Kier alpha value is -2.79. The van der Waals surface area contributed by atoms with Gasteiger partial charge in [0.1, 0.15) is 11.4 Å². The van der Waals surface area contributed by atoms with Crippen molar-refractivity contribution in [2.24, 2.45) is 5.41 Å². The Morgan fingerprint density at radius 2 is 2.03 bits per heavy atom. The Bertz CT molecular complexity index is 1240. The molecule has 0 radical (unpaired) electrons. The Kier molecular flexibility index (Phi) is 6.19. The number of carboxylic acid groups (broad SMARTS) is 1. The number of H-pyrrole nitrogens is 1. The third-order valence-corrected chi connectivity index (χ3v) is 6.34. The number of anilines is 1. The number of rotatable bonds is 7. The monoisotopic (exact) mass is 469 g/mol. The zero-order valence-electron chi connectivity index (χ0n) is 17.0. The molecule has 0 saturated carbocycles. The van der Waals surface area contributed by atoms with Crippen molar-refractivity contribution in [3.8, 4) is 11.4 Å². The highest BCUT2D eigenvalue weighted by Gasteiger charge is 2.32. The number of carboxylic acids is 1. The predicted octanol–water partition coefficient (Wildman–Crippen LogP) is 3.14. The van der Waals surface area contributed by atoms with E-state index in [4.69, 9.17) is 16.7 Å². The number of pyridine rings is 1. The summed E-state index contributed by atoms with van der Waals surface area (Å²) in [6.45, 7) is 5.27. The number of nitrogens with zero attached hydrogens (tertiary/aromatic N) is 3. The zero-order valence-corrected chi connectivity index (χ0v) is 18.6. The van der Waals surface area contributed by atoms with Gasteiger partial charge in [0.05, 0.1) is 17.0 Å². The van der Waals surface area contributed by atoms with Gasteiger partial charge in [-0.3, -0.25) is 4.79 Å². The molecule has 1 atom stereocenters. The number of aliphatic carboxylic acids is 1. The predicted molar refractivity (Wildman–Crippen MR) is 115 cm³/mol. The van der Waals surface area contributed by atoms with Crippen LogP contribution in [-0.4, -0.2) is 57.0 Å². The average Bonchev–Trinajstić information content (AvgIpc) is 3.03. The average molecular weight is 470 g/mol. The van der Waals surface area contributed by atoms with Gasteiger partial charge in [0, 0.05) is 29.4 Å². The summed E-state index contributed by atoms with van der Waals surface area (Å²) >= 11 is 6.02. The van der Waals surface area contributed by atoms with Crippen LogP contribution in [0.5, 0.6) is 0 Å². The highest BCUT2D eigenvalue weighted by atomic mass is 35.5. The molecule has 0 aromatic carbocycles. The van der Waals surface area contributed by atoms with Gasteiger partial charge in [-0.2, -0.15) is 0 Å². The van der Waals surface area contributed by atoms with E-state index in [9.17, 15) is 17.6 Å². The maximum absolute atomic E-state index is 14.5. The molecule has 31 heavy (non-hydrogen) atoms. The smallest absolute Gasteiger partial charge is 0.318 e. The number of halogens is 2. The molecular weight excluding hydrogens is 449 g/mol. The molecule has 3 aromatic rings. The third-order valence-electron chi connectivity index (χ3n) is 4.60. The van der Waals surface area contributed by atoms with E-state index in [1.54, 1.807) is 33.0 Å². The molecule has 9 nitrogen and oxygen atoms in total. The molecule has 0 aliphatic carbocycles. The lowest BCUT2D eigenvalue weighted by atomic mass is 9.88. The Balaban J connectivity index is 1.98. The first-order chi connectivity index (χ1) is 14.4. The van der Waals surface area contributed by atoms with Gasteiger partial charge in [0.2, 0.25) is 0 Å². The second-order valence-electron chi connectivity index (χ2n) is 8.15. The molecule has 12 heteroatoms. The lowest BCUT2D eigenvalue weighted by Crippen LogP contribution is -2.41. The first-order valence-electron chi connectivity index (χ1n) is 9.20. The standard InChI is InChI=1S/C19H21ClFN5O4S/c1-19(2,3)14(8-31(29,30)9-15(27)28)25-18-13(21)7-24-17(26-18)12-6-23-16-11(12)4-10(20)5-22-16/h4-7,14H,8-9H2,1-3H3,(H,22,23)(H,27,28)(H,24,25,26). The molecular formula is C19H21ClFN5O4S. The second-order valence-corrected chi connectivity index (χ2v) is 10.7. The van der Waals surface area contributed by atoms with Crippen LogP contribution in [0.4, 0.5) is 10.2 Å². The van der Waals surface area contributed by atoms with E-state index in [0.29, 0.717) is 21.6 Å². The molecule has 0 bridgehead atoms. The molecule has 3 aromatic heterocycles. The Morgan fingerprint density at radius 1 is 1.32 bits per heavy atom. The highest BCUT2D eigenvalue weighted by molar-refractivity contribution is 7.92. The number of aromatic nitrogens is 4. The van der Waals surface area contributed by atoms with E-state index in [0.717, 1.165) is 6.20 Å². The maximum atomic E-state index is 14.5. The van der Waals surface area contributed by atoms with Gasteiger partial charge in [0.15, 0.2) is 27.3 Å². The van der Waals surface area contributed by atoms with E-state index in [1.165, 1.54) is 6.20 Å². The largest absolute Gasteiger partial charge is 0.480 e. The molecule has 0 amide bonds. The van der Waals surface area contributed by atoms with E-state index in [-0.39, 0.29) is 11.6 Å². The zero-order chi connectivity index (χ0) is 23.0. The van der Waals surface area contributed by atoms with Crippen LogP contribution < -0.4 is 5.32 Å². The minimum absolute atomic E-state index is 0.181. The van der Waals surface area contributed by atoms with Crippen LogP contribution in [0.2, 0.25) is 5.02 Å². The van der Waals surface area contributed by atoms with Gasteiger partial charge >= 0.3 is 5.97 Å². The van der Waals surface area contributed by atoms with Crippen LogP contribution in [0, 0.1) is 11.2 Å². The summed E-state index contributed by atoms with van der Waals surface area (Å²) in [5.74, 6) is -3.75. The molecule has 1 unspecified atom stereocenters. The first-order valence-corrected chi connectivity index (χ1v) is 11.4. The number of carbonyl (C=O) groups is 1. The fourth-order valence-corrected chi connectivity index (χ4v) is 4.68. The fraction of sp³-hybridized carbons (Fsp3) is 0.368. The molecule has 3 rings (SSSR count). The van der Waals surface area contributed by atoms with Crippen molar-refractivity contribution in [3.63, 3.8) is 0 Å². The molecule has 166 valence electrons. The van der Waals surface area contributed by atoms with Crippen LogP contribution in [-0.2, 0) is 14.6 Å². The fourth-order valence-electron chi connectivity index (χ4n) is 2.94. The minimum atomic E-state index is -3.94. The molecule has 0 aliphatic rings. The third kappa shape index (κ3) is 5.47. The summed E-state index contributed by atoms with van der Waals surface area (Å²) in [5, 5.41) is 12.7. The number of nitrogens with one attached hydrogen (secondary N) is 2. The number of aromatic amines is 1. The maximum Gasteiger partial charge on any atom is 0.318 e. The molecule has 0 fully saturated rings. The van der Waals surface area contributed by atoms with Crippen LogP contribution in [0.1, 0.15) is 20.8 Å². The van der Waals surface area contributed by atoms with Gasteiger partial charge in [-0.25, -0.2) is 27.8 Å². The summed E-state index contributed by atoms with van der Waals surface area (Å²) in [7, 11) is -3.94. The van der Waals surface area contributed by atoms with Gasteiger partial charge < -0.3 is 15.4 Å². The van der Waals surface area contributed by atoms with Crippen molar-refractivity contribution in [3.05, 3.63) is 35.5 Å². The molecule has 0 aliphatic heterocycles. The lowest BCUT2D eigenvalue weighted by molar-refractivity contribution is -0.134. The van der Waals surface area contributed by atoms with Gasteiger partial charge in [-0.15, -0.1) is 0 Å².